The normalized spacial score (nSPS) is 20.3. The van der Waals surface area contributed by atoms with E-state index in [2.05, 4.69) is 18.6 Å². The van der Waals surface area contributed by atoms with Crippen molar-refractivity contribution in [1.82, 2.24) is 4.72 Å². The van der Waals surface area contributed by atoms with Gasteiger partial charge in [0.1, 0.15) is 5.75 Å². The molecule has 0 spiro atoms. The summed E-state index contributed by atoms with van der Waals surface area (Å²) < 4.78 is 32.7. The Morgan fingerprint density at radius 1 is 1.43 bits per heavy atom. The van der Waals surface area contributed by atoms with E-state index >= 15 is 0 Å². The van der Waals surface area contributed by atoms with Gasteiger partial charge in [0.25, 0.3) is 0 Å². The van der Waals surface area contributed by atoms with Gasteiger partial charge in [0, 0.05) is 13.2 Å². The number of aliphatic hydroxyl groups is 1. The van der Waals surface area contributed by atoms with Crippen LogP contribution in [0.15, 0.2) is 23.1 Å². The first-order valence-electron chi connectivity index (χ1n) is 7.07. The summed E-state index contributed by atoms with van der Waals surface area (Å²) in [4.78, 5) is 0.218. The van der Waals surface area contributed by atoms with Gasteiger partial charge in [0.2, 0.25) is 10.0 Å². The number of rotatable bonds is 7. The summed E-state index contributed by atoms with van der Waals surface area (Å²) in [6.07, 6.45) is 1.32. The maximum atomic E-state index is 12.4. The van der Waals surface area contributed by atoms with Crippen molar-refractivity contribution >= 4 is 10.0 Å². The Balaban J connectivity index is 2.18. The van der Waals surface area contributed by atoms with E-state index in [9.17, 15) is 8.42 Å². The minimum Gasteiger partial charge on any atom is -0.497 e. The number of sulfonamides is 1. The molecule has 1 aromatic rings. The quantitative estimate of drug-likeness (QED) is 0.801. The van der Waals surface area contributed by atoms with E-state index in [0.717, 1.165) is 6.42 Å². The lowest BCUT2D eigenvalue weighted by molar-refractivity contribution is 0.298. The summed E-state index contributed by atoms with van der Waals surface area (Å²) >= 11 is 0. The van der Waals surface area contributed by atoms with E-state index in [1.54, 1.807) is 12.1 Å². The molecule has 1 atom stereocenters. The van der Waals surface area contributed by atoms with Crippen LogP contribution >= 0.6 is 0 Å². The minimum atomic E-state index is -3.56. The molecule has 0 bridgehead atoms. The van der Waals surface area contributed by atoms with E-state index in [1.807, 2.05) is 0 Å². The SMILES string of the molecule is COc1ccc(S(=O)(=O)NCC2CC2(C)C)c(CCO)c1. The summed E-state index contributed by atoms with van der Waals surface area (Å²) in [5, 5.41) is 9.11. The fourth-order valence-electron chi connectivity index (χ4n) is 2.47. The molecule has 5 nitrogen and oxygen atoms in total. The molecular formula is C15H23NO4S. The number of hydrogen-bond acceptors (Lipinski definition) is 4. The van der Waals surface area contributed by atoms with Crippen molar-refractivity contribution in [2.24, 2.45) is 11.3 Å². The van der Waals surface area contributed by atoms with E-state index in [0.29, 0.717) is 23.8 Å². The molecule has 0 amide bonds. The maximum Gasteiger partial charge on any atom is 0.240 e. The monoisotopic (exact) mass is 313 g/mol. The lowest BCUT2D eigenvalue weighted by Gasteiger charge is -2.13. The van der Waals surface area contributed by atoms with Gasteiger partial charge in [-0.3, -0.25) is 0 Å². The molecule has 6 heteroatoms. The Labute approximate surface area is 126 Å². The first kappa shape index (κ1) is 16.3. The number of hydrogen-bond donors (Lipinski definition) is 2. The Bertz CT molecular complexity index is 610. The van der Waals surface area contributed by atoms with Crippen LogP contribution in [0.2, 0.25) is 0 Å². The molecule has 1 fully saturated rings. The summed E-state index contributed by atoms with van der Waals surface area (Å²) in [5.74, 6) is 0.979. The van der Waals surface area contributed by atoms with Gasteiger partial charge in [-0.25, -0.2) is 13.1 Å². The van der Waals surface area contributed by atoms with Crippen LogP contribution in [0.3, 0.4) is 0 Å². The van der Waals surface area contributed by atoms with Crippen molar-refractivity contribution in [2.75, 3.05) is 20.3 Å². The Hall–Kier alpha value is -1.11. The van der Waals surface area contributed by atoms with Gasteiger partial charge in [-0.1, -0.05) is 13.8 Å². The van der Waals surface area contributed by atoms with E-state index in [4.69, 9.17) is 9.84 Å². The van der Waals surface area contributed by atoms with Gasteiger partial charge in [-0.15, -0.1) is 0 Å². The van der Waals surface area contributed by atoms with Crippen LogP contribution in [0.25, 0.3) is 0 Å². The predicted molar refractivity (Wildman–Crippen MR) is 80.9 cm³/mol. The molecule has 0 saturated heterocycles. The largest absolute Gasteiger partial charge is 0.497 e. The number of benzene rings is 1. The second-order valence-corrected chi connectivity index (χ2v) is 7.92. The third-order valence-corrected chi connectivity index (χ3v) is 5.70. The third-order valence-electron chi connectivity index (χ3n) is 4.18. The molecule has 21 heavy (non-hydrogen) atoms. The molecule has 1 saturated carbocycles. The van der Waals surface area contributed by atoms with Gasteiger partial charge < -0.3 is 9.84 Å². The fourth-order valence-corrected chi connectivity index (χ4v) is 3.80. The van der Waals surface area contributed by atoms with Crippen LogP contribution in [0.4, 0.5) is 0 Å². The first-order chi connectivity index (χ1) is 9.80. The molecule has 1 aliphatic carbocycles. The highest BCUT2D eigenvalue weighted by Crippen LogP contribution is 2.51. The molecule has 0 heterocycles. The highest BCUT2D eigenvalue weighted by atomic mass is 32.2. The smallest absolute Gasteiger partial charge is 0.240 e. The Morgan fingerprint density at radius 2 is 2.10 bits per heavy atom. The van der Waals surface area contributed by atoms with Gasteiger partial charge in [0.05, 0.1) is 12.0 Å². The molecule has 2 rings (SSSR count). The Morgan fingerprint density at radius 3 is 2.62 bits per heavy atom. The molecule has 0 radical (unpaired) electrons. The topological polar surface area (TPSA) is 75.6 Å². The van der Waals surface area contributed by atoms with E-state index in [-0.39, 0.29) is 23.3 Å². The zero-order valence-corrected chi connectivity index (χ0v) is 13.5. The van der Waals surface area contributed by atoms with E-state index in [1.165, 1.54) is 13.2 Å². The molecule has 1 aliphatic rings. The van der Waals surface area contributed by atoms with Crippen molar-refractivity contribution in [3.05, 3.63) is 23.8 Å². The molecular weight excluding hydrogens is 290 g/mol. The molecule has 1 aromatic carbocycles. The van der Waals surface area contributed by atoms with Gasteiger partial charge in [-0.05, 0) is 47.9 Å². The number of ether oxygens (including phenoxy) is 1. The number of aliphatic hydroxyl groups excluding tert-OH is 1. The van der Waals surface area contributed by atoms with Crippen molar-refractivity contribution in [3.8, 4) is 5.75 Å². The molecule has 0 aromatic heterocycles. The van der Waals surface area contributed by atoms with Crippen LogP contribution in [-0.2, 0) is 16.4 Å². The maximum absolute atomic E-state index is 12.4. The fraction of sp³-hybridized carbons (Fsp3) is 0.600. The number of methoxy groups -OCH3 is 1. The van der Waals surface area contributed by atoms with Crippen molar-refractivity contribution in [3.63, 3.8) is 0 Å². The van der Waals surface area contributed by atoms with Crippen LogP contribution in [-0.4, -0.2) is 33.8 Å². The first-order valence-corrected chi connectivity index (χ1v) is 8.56. The summed E-state index contributed by atoms with van der Waals surface area (Å²) in [6, 6.07) is 4.81. The average Bonchev–Trinajstić information content (AvgIpc) is 3.04. The zero-order valence-electron chi connectivity index (χ0n) is 12.7. The van der Waals surface area contributed by atoms with Crippen molar-refractivity contribution < 1.29 is 18.3 Å². The molecule has 2 N–H and O–H groups in total. The minimum absolute atomic E-state index is 0.106. The summed E-state index contributed by atoms with van der Waals surface area (Å²) in [5.41, 5.74) is 0.801. The molecule has 1 unspecified atom stereocenters. The molecule has 0 aliphatic heterocycles. The van der Waals surface area contributed by atoms with E-state index < -0.39 is 10.0 Å². The lowest BCUT2D eigenvalue weighted by Crippen LogP contribution is -2.27. The highest BCUT2D eigenvalue weighted by Gasteiger charge is 2.45. The molecule has 118 valence electrons. The van der Waals surface area contributed by atoms with Crippen LogP contribution in [0.1, 0.15) is 25.8 Å². The van der Waals surface area contributed by atoms with Crippen LogP contribution in [0, 0.1) is 11.3 Å². The average molecular weight is 313 g/mol. The summed E-state index contributed by atoms with van der Waals surface area (Å²) in [6.45, 7) is 4.62. The van der Waals surface area contributed by atoms with Crippen LogP contribution < -0.4 is 9.46 Å². The third kappa shape index (κ3) is 3.75. The van der Waals surface area contributed by atoms with Crippen LogP contribution in [0.5, 0.6) is 5.75 Å². The summed E-state index contributed by atoms with van der Waals surface area (Å²) in [7, 11) is -2.03. The second kappa shape index (κ2) is 5.94. The highest BCUT2D eigenvalue weighted by molar-refractivity contribution is 7.89. The van der Waals surface area contributed by atoms with Gasteiger partial charge >= 0.3 is 0 Å². The van der Waals surface area contributed by atoms with Gasteiger partial charge in [0.15, 0.2) is 0 Å². The lowest BCUT2D eigenvalue weighted by atomic mass is 10.1. The standard InChI is InChI=1S/C15H23NO4S/c1-15(2)9-12(15)10-16-21(18,19)14-5-4-13(20-3)8-11(14)6-7-17/h4-5,8,12,16-17H,6-7,9-10H2,1-3H3. The van der Waals surface area contributed by atoms with Crippen molar-refractivity contribution in [2.45, 2.75) is 31.6 Å². The number of nitrogens with one attached hydrogen (secondary N) is 1. The Kier molecular flexibility index (Phi) is 4.60. The van der Waals surface area contributed by atoms with Gasteiger partial charge in [-0.2, -0.15) is 0 Å². The second-order valence-electron chi connectivity index (χ2n) is 6.19. The predicted octanol–water partition coefficient (Wildman–Crippen LogP) is 1.55. The zero-order chi connectivity index (χ0) is 15.7. The van der Waals surface area contributed by atoms with Crippen molar-refractivity contribution in [1.29, 1.82) is 0 Å².